The van der Waals surface area contributed by atoms with Crippen LogP contribution in [0.4, 0.5) is 14.5 Å². The third-order valence-electron chi connectivity index (χ3n) is 5.00. The van der Waals surface area contributed by atoms with Gasteiger partial charge in [-0.3, -0.25) is 14.6 Å². The summed E-state index contributed by atoms with van der Waals surface area (Å²) in [4.78, 5) is 27.9. The van der Waals surface area contributed by atoms with Crippen molar-refractivity contribution in [2.45, 2.75) is 32.4 Å². The van der Waals surface area contributed by atoms with Crippen molar-refractivity contribution >= 4 is 40.4 Å². The maximum Gasteiger partial charge on any atom is 0.274 e. The first kappa shape index (κ1) is 27.1. The van der Waals surface area contributed by atoms with Crippen molar-refractivity contribution in [1.82, 2.24) is 9.88 Å². The molecule has 6 nitrogen and oxygen atoms in total. The van der Waals surface area contributed by atoms with E-state index in [1.165, 1.54) is 24.1 Å². The van der Waals surface area contributed by atoms with Gasteiger partial charge in [0.1, 0.15) is 17.7 Å². The monoisotopic (exact) mass is 491 g/mol. The van der Waals surface area contributed by atoms with Gasteiger partial charge < -0.3 is 15.3 Å². The van der Waals surface area contributed by atoms with E-state index >= 15 is 0 Å². The summed E-state index contributed by atoms with van der Waals surface area (Å²) >= 11 is 6.13. The lowest BCUT2D eigenvalue weighted by molar-refractivity contribution is -0.117. The lowest BCUT2D eigenvalue weighted by Crippen LogP contribution is -2.25. The molecule has 3 rings (SSSR count). The fraction of sp³-hybridized carbons (Fsp3) is 0.320. The van der Waals surface area contributed by atoms with Gasteiger partial charge in [-0.2, -0.15) is 0 Å². The van der Waals surface area contributed by atoms with E-state index in [-0.39, 0.29) is 24.5 Å². The van der Waals surface area contributed by atoms with Crippen LogP contribution in [0.15, 0.2) is 48.7 Å². The minimum atomic E-state index is -1.02. The quantitative estimate of drug-likeness (QED) is 0.411. The highest BCUT2D eigenvalue weighted by atomic mass is 35.5. The number of pyridine rings is 1. The Bertz CT molecular complexity index is 1110. The van der Waals surface area contributed by atoms with E-state index in [1.807, 2.05) is 37.3 Å². The van der Waals surface area contributed by atoms with Crippen LogP contribution in [0.3, 0.4) is 0 Å². The predicted octanol–water partition coefficient (Wildman–Crippen LogP) is 5.03. The molecule has 34 heavy (non-hydrogen) atoms. The van der Waals surface area contributed by atoms with Crippen molar-refractivity contribution < 1.29 is 23.5 Å². The molecule has 2 aromatic carbocycles. The highest BCUT2D eigenvalue weighted by Crippen LogP contribution is 2.27. The molecule has 9 heteroatoms. The highest BCUT2D eigenvalue weighted by molar-refractivity contribution is 6.34. The SMILES string of the molecule is CCc1cc(Cl)c(NC(=O)c2nccc3ccccc23)cc1F.CN(C=O)CC(F)CCCO. The molecule has 1 atom stereocenters. The zero-order valence-electron chi connectivity index (χ0n) is 19.1. The normalized spacial score (nSPS) is 11.4. The van der Waals surface area contributed by atoms with Gasteiger partial charge in [-0.15, -0.1) is 0 Å². The van der Waals surface area contributed by atoms with Crippen LogP contribution in [-0.4, -0.2) is 53.7 Å². The minimum absolute atomic E-state index is 0.00518. The number of nitrogens with zero attached hydrogens (tertiary/aromatic N) is 2. The Morgan fingerprint density at radius 2 is 2.03 bits per heavy atom. The fourth-order valence-electron chi connectivity index (χ4n) is 3.20. The maximum absolute atomic E-state index is 13.9. The minimum Gasteiger partial charge on any atom is -0.396 e. The summed E-state index contributed by atoms with van der Waals surface area (Å²) in [6.45, 7) is 1.96. The predicted molar refractivity (Wildman–Crippen MR) is 130 cm³/mol. The van der Waals surface area contributed by atoms with Crippen LogP contribution in [0.1, 0.15) is 35.8 Å². The average molecular weight is 492 g/mol. The van der Waals surface area contributed by atoms with Gasteiger partial charge in [-0.05, 0) is 48.4 Å². The van der Waals surface area contributed by atoms with Crippen molar-refractivity contribution in [3.63, 3.8) is 0 Å². The van der Waals surface area contributed by atoms with E-state index in [4.69, 9.17) is 16.7 Å². The molecule has 0 spiro atoms. The van der Waals surface area contributed by atoms with Gasteiger partial charge >= 0.3 is 0 Å². The third kappa shape index (κ3) is 7.74. The fourth-order valence-corrected chi connectivity index (χ4v) is 3.43. The molecule has 1 aromatic heterocycles. The number of anilines is 1. The Kier molecular flexibility index (Phi) is 10.8. The molecule has 2 N–H and O–H groups in total. The number of rotatable bonds is 9. The number of halogens is 3. The first-order valence-corrected chi connectivity index (χ1v) is 11.2. The van der Waals surface area contributed by atoms with Gasteiger partial charge in [0.25, 0.3) is 5.91 Å². The van der Waals surface area contributed by atoms with E-state index < -0.39 is 17.9 Å². The molecule has 0 radical (unpaired) electrons. The van der Waals surface area contributed by atoms with E-state index in [0.717, 1.165) is 10.8 Å². The molecule has 0 bridgehead atoms. The number of aliphatic hydroxyl groups is 1. The molecule has 0 saturated carbocycles. The van der Waals surface area contributed by atoms with Crippen molar-refractivity contribution in [1.29, 1.82) is 0 Å². The van der Waals surface area contributed by atoms with Crippen LogP contribution in [0, 0.1) is 5.82 Å². The molecule has 0 aliphatic rings. The topological polar surface area (TPSA) is 82.5 Å². The van der Waals surface area contributed by atoms with E-state index in [1.54, 1.807) is 6.20 Å². The molecular formula is C25H28ClF2N3O3. The van der Waals surface area contributed by atoms with Gasteiger partial charge in [0.2, 0.25) is 6.41 Å². The molecule has 182 valence electrons. The Labute approximate surface area is 202 Å². The van der Waals surface area contributed by atoms with Crippen molar-refractivity contribution in [3.8, 4) is 0 Å². The molecule has 3 aromatic rings. The summed E-state index contributed by atoms with van der Waals surface area (Å²) in [6.07, 6.45) is 2.44. The second-order valence-electron chi connectivity index (χ2n) is 7.62. The zero-order valence-corrected chi connectivity index (χ0v) is 19.9. The number of aryl methyl sites for hydroxylation is 1. The lowest BCUT2D eigenvalue weighted by Gasteiger charge is -2.13. The van der Waals surface area contributed by atoms with Crippen molar-refractivity contribution in [3.05, 3.63) is 70.8 Å². The molecule has 0 saturated heterocycles. The molecule has 1 unspecified atom stereocenters. The molecule has 0 fully saturated rings. The smallest absolute Gasteiger partial charge is 0.274 e. The zero-order chi connectivity index (χ0) is 25.1. The third-order valence-corrected chi connectivity index (χ3v) is 5.31. The second-order valence-corrected chi connectivity index (χ2v) is 8.03. The standard InChI is InChI=1S/C18H14ClFN2O.C7H14FNO2/c1-2-11-9-14(19)16(10-15(11)20)22-18(23)17-13-6-4-3-5-12(13)7-8-21-17;1-9(6-11)5-7(8)3-2-4-10/h3-10H,2H2,1H3,(H,22,23);6-7,10H,2-5H2,1H3. The second kappa shape index (κ2) is 13.6. The molecule has 1 heterocycles. The number of hydrogen-bond donors (Lipinski definition) is 2. The van der Waals surface area contributed by atoms with Crippen molar-refractivity contribution in [2.75, 3.05) is 25.5 Å². The average Bonchev–Trinajstić information content (AvgIpc) is 2.84. The van der Waals surface area contributed by atoms with Gasteiger partial charge in [-0.25, -0.2) is 8.78 Å². The number of carbonyl (C=O) groups is 2. The molecular weight excluding hydrogens is 464 g/mol. The number of carbonyl (C=O) groups excluding carboxylic acids is 2. The van der Waals surface area contributed by atoms with Gasteiger partial charge in [0.05, 0.1) is 17.3 Å². The van der Waals surface area contributed by atoms with Gasteiger partial charge in [-0.1, -0.05) is 42.8 Å². The van der Waals surface area contributed by atoms with Crippen LogP contribution >= 0.6 is 11.6 Å². The van der Waals surface area contributed by atoms with Crippen LogP contribution < -0.4 is 5.32 Å². The van der Waals surface area contributed by atoms with E-state index in [2.05, 4.69) is 10.3 Å². The van der Waals surface area contributed by atoms with Gasteiger partial charge in [0, 0.05) is 25.2 Å². The number of nitrogens with one attached hydrogen (secondary N) is 1. The summed E-state index contributed by atoms with van der Waals surface area (Å²) in [5.41, 5.74) is 1.02. The van der Waals surface area contributed by atoms with Crippen LogP contribution in [-0.2, 0) is 11.2 Å². The number of alkyl halides is 1. The number of amides is 2. The van der Waals surface area contributed by atoms with E-state index in [0.29, 0.717) is 36.3 Å². The maximum atomic E-state index is 13.9. The highest BCUT2D eigenvalue weighted by Gasteiger charge is 2.15. The van der Waals surface area contributed by atoms with Crippen LogP contribution in [0.5, 0.6) is 0 Å². The lowest BCUT2D eigenvalue weighted by atomic mass is 10.1. The van der Waals surface area contributed by atoms with Gasteiger partial charge in [0.15, 0.2) is 0 Å². The van der Waals surface area contributed by atoms with Crippen LogP contribution in [0.25, 0.3) is 10.8 Å². The van der Waals surface area contributed by atoms with Crippen molar-refractivity contribution in [2.24, 2.45) is 0 Å². The Balaban J connectivity index is 0.000000316. The van der Waals surface area contributed by atoms with E-state index in [9.17, 15) is 18.4 Å². The summed E-state index contributed by atoms with van der Waals surface area (Å²) in [6, 6.07) is 12.0. The largest absolute Gasteiger partial charge is 0.396 e. The number of aromatic nitrogens is 1. The number of aliphatic hydroxyl groups excluding tert-OH is 1. The Hall–Kier alpha value is -3.10. The number of hydrogen-bond acceptors (Lipinski definition) is 4. The Morgan fingerprint density at radius 3 is 2.71 bits per heavy atom. The van der Waals surface area contributed by atoms with Crippen LogP contribution in [0.2, 0.25) is 5.02 Å². The summed E-state index contributed by atoms with van der Waals surface area (Å²) in [5.74, 6) is -0.814. The first-order chi connectivity index (χ1) is 16.3. The molecule has 2 amide bonds. The first-order valence-electron chi connectivity index (χ1n) is 10.8. The molecule has 0 aliphatic carbocycles. The summed E-state index contributed by atoms with van der Waals surface area (Å²) in [7, 11) is 1.53. The summed E-state index contributed by atoms with van der Waals surface area (Å²) < 4.78 is 26.6. The summed E-state index contributed by atoms with van der Waals surface area (Å²) in [5, 5.41) is 12.9. The Morgan fingerprint density at radius 1 is 1.29 bits per heavy atom. The molecule has 0 aliphatic heterocycles. The number of benzene rings is 2. The number of fused-ring (bicyclic) bond motifs is 1.